The minimum Gasteiger partial charge on any atom is -0.458 e. The summed E-state index contributed by atoms with van der Waals surface area (Å²) in [4.78, 5) is 24.0. The number of ether oxygens (including phenoxy) is 1. The third kappa shape index (κ3) is 3.36. The van der Waals surface area contributed by atoms with Gasteiger partial charge in [-0.1, -0.05) is 43.8 Å². The molecule has 0 aliphatic carbocycles. The molecule has 2 N–H and O–H groups in total. The van der Waals surface area contributed by atoms with Crippen molar-refractivity contribution in [2.75, 3.05) is 6.61 Å². The van der Waals surface area contributed by atoms with E-state index < -0.39 is 12.0 Å². The highest BCUT2D eigenvalue weighted by molar-refractivity contribution is 5.95. The quantitative estimate of drug-likeness (QED) is 0.649. The molecule has 5 heteroatoms. The monoisotopic (exact) mass is 300 g/mol. The van der Waals surface area contributed by atoms with Crippen LogP contribution in [0.15, 0.2) is 48.2 Å². The largest absolute Gasteiger partial charge is 0.458 e. The van der Waals surface area contributed by atoms with Crippen molar-refractivity contribution in [2.45, 2.75) is 26.3 Å². The van der Waals surface area contributed by atoms with E-state index in [1.807, 2.05) is 24.3 Å². The number of rotatable bonds is 5. The number of nitrogens with one attached hydrogen (secondary N) is 2. The predicted molar refractivity (Wildman–Crippen MR) is 84.1 cm³/mol. The number of aryl methyl sites for hydroxylation is 1. The number of carbonyl (C=O) groups is 2. The third-order valence-corrected chi connectivity index (χ3v) is 3.54. The summed E-state index contributed by atoms with van der Waals surface area (Å²) in [5.41, 5.74) is 2.95. The molecule has 1 atom stereocenters. The van der Waals surface area contributed by atoms with Gasteiger partial charge in [-0.15, -0.1) is 0 Å². The minimum atomic E-state index is -0.517. The lowest BCUT2D eigenvalue weighted by Crippen LogP contribution is -2.45. The molecule has 1 unspecified atom stereocenters. The number of hydrogen-bond donors (Lipinski definition) is 2. The lowest BCUT2D eigenvalue weighted by atomic mass is 9.94. The van der Waals surface area contributed by atoms with Crippen molar-refractivity contribution < 1.29 is 14.3 Å². The summed E-state index contributed by atoms with van der Waals surface area (Å²) in [7, 11) is 0. The molecule has 1 heterocycles. The molecule has 0 saturated carbocycles. The molecule has 5 nitrogen and oxygen atoms in total. The van der Waals surface area contributed by atoms with Crippen LogP contribution in [-0.4, -0.2) is 18.6 Å². The number of allylic oxidation sites excluding steroid dienone is 1. The highest BCUT2D eigenvalue weighted by atomic mass is 16.5. The highest BCUT2D eigenvalue weighted by Crippen LogP contribution is 2.27. The first-order chi connectivity index (χ1) is 10.6. The number of esters is 1. The van der Waals surface area contributed by atoms with Crippen LogP contribution in [0.1, 0.15) is 31.0 Å². The molecule has 1 aliphatic rings. The standard InChI is InChI=1S/C17H20N2O3/c1-4-10-22-16(20)14-11(3)18-17(21)19-15(14)13-8-6-12(5-2)7-9-13/h4,6-9,15H,1,5,10H2,2-3H3,(H2,18,19,21). The number of urea groups is 1. The zero-order valence-corrected chi connectivity index (χ0v) is 12.8. The Morgan fingerprint density at radius 3 is 2.64 bits per heavy atom. The fraction of sp³-hybridized carbons (Fsp3) is 0.294. The van der Waals surface area contributed by atoms with Gasteiger partial charge in [0.25, 0.3) is 0 Å². The van der Waals surface area contributed by atoms with Crippen molar-refractivity contribution >= 4 is 12.0 Å². The maximum Gasteiger partial charge on any atom is 0.338 e. The molecule has 0 spiro atoms. The van der Waals surface area contributed by atoms with E-state index in [9.17, 15) is 9.59 Å². The Labute approximate surface area is 130 Å². The maximum absolute atomic E-state index is 12.3. The second-order valence-electron chi connectivity index (χ2n) is 5.05. The Balaban J connectivity index is 2.36. The molecule has 22 heavy (non-hydrogen) atoms. The van der Waals surface area contributed by atoms with Gasteiger partial charge < -0.3 is 15.4 Å². The van der Waals surface area contributed by atoms with Crippen LogP contribution >= 0.6 is 0 Å². The Bertz CT molecular complexity index is 617. The van der Waals surface area contributed by atoms with Gasteiger partial charge in [0.15, 0.2) is 0 Å². The normalized spacial score (nSPS) is 17.5. The van der Waals surface area contributed by atoms with Crippen molar-refractivity contribution in [2.24, 2.45) is 0 Å². The van der Waals surface area contributed by atoms with E-state index in [1.165, 1.54) is 11.6 Å². The third-order valence-electron chi connectivity index (χ3n) is 3.54. The average Bonchev–Trinajstić information content (AvgIpc) is 2.52. The molecule has 2 rings (SSSR count). The summed E-state index contributed by atoms with van der Waals surface area (Å²) >= 11 is 0. The number of carbonyl (C=O) groups excluding carboxylic acids is 2. The highest BCUT2D eigenvalue weighted by Gasteiger charge is 2.31. The topological polar surface area (TPSA) is 67.4 Å². The molecule has 0 fully saturated rings. The van der Waals surface area contributed by atoms with Gasteiger partial charge in [0.2, 0.25) is 0 Å². The molecule has 0 radical (unpaired) electrons. The van der Waals surface area contributed by atoms with E-state index in [-0.39, 0.29) is 12.6 Å². The summed E-state index contributed by atoms with van der Waals surface area (Å²) in [5.74, 6) is -0.463. The number of benzene rings is 1. The van der Waals surface area contributed by atoms with E-state index in [2.05, 4.69) is 24.1 Å². The summed E-state index contributed by atoms with van der Waals surface area (Å²) in [6, 6.07) is 6.97. The van der Waals surface area contributed by atoms with E-state index in [4.69, 9.17) is 4.74 Å². The van der Waals surface area contributed by atoms with Gasteiger partial charge >= 0.3 is 12.0 Å². The smallest absolute Gasteiger partial charge is 0.338 e. The molecule has 0 bridgehead atoms. The molecule has 0 aromatic heterocycles. The Morgan fingerprint density at radius 1 is 1.36 bits per heavy atom. The van der Waals surface area contributed by atoms with Crippen molar-refractivity contribution in [3.8, 4) is 0 Å². The summed E-state index contributed by atoms with van der Waals surface area (Å²) in [6.07, 6.45) is 2.44. The van der Waals surface area contributed by atoms with E-state index >= 15 is 0 Å². The van der Waals surface area contributed by atoms with Crippen molar-refractivity contribution in [3.63, 3.8) is 0 Å². The van der Waals surface area contributed by atoms with Crippen LogP contribution in [0.2, 0.25) is 0 Å². The minimum absolute atomic E-state index is 0.130. The van der Waals surface area contributed by atoms with Crippen LogP contribution < -0.4 is 10.6 Å². The Morgan fingerprint density at radius 2 is 2.05 bits per heavy atom. The van der Waals surface area contributed by atoms with Gasteiger partial charge in [0.1, 0.15) is 6.61 Å². The fourth-order valence-electron chi connectivity index (χ4n) is 2.37. The van der Waals surface area contributed by atoms with Gasteiger partial charge in [0, 0.05) is 5.70 Å². The predicted octanol–water partition coefficient (Wildman–Crippen LogP) is 2.61. The van der Waals surface area contributed by atoms with E-state index in [1.54, 1.807) is 6.92 Å². The lowest BCUT2D eigenvalue weighted by molar-refractivity contribution is -0.138. The zero-order chi connectivity index (χ0) is 16.1. The van der Waals surface area contributed by atoms with Gasteiger partial charge in [0.05, 0.1) is 11.6 Å². The molecule has 1 aromatic rings. The number of amides is 2. The maximum atomic E-state index is 12.3. The second-order valence-corrected chi connectivity index (χ2v) is 5.05. The van der Waals surface area contributed by atoms with Crippen LogP contribution in [0.5, 0.6) is 0 Å². The molecule has 2 amide bonds. The summed E-state index contributed by atoms with van der Waals surface area (Å²) < 4.78 is 5.13. The number of hydrogen-bond acceptors (Lipinski definition) is 3. The summed E-state index contributed by atoms with van der Waals surface area (Å²) in [6.45, 7) is 7.42. The van der Waals surface area contributed by atoms with Crippen molar-refractivity contribution in [1.82, 2.24) is 10.6 Å². The SMILES string of the molecule is C=CCOC(=O)C1=C(C)NC(=O)NC1c1ccc(CC)cc1. The van der Waals surface area contributed by atoms with Crippen LogP contribution in [0.25, 0.3) is 0 Å². The van der Waals surface area contributed by atoms with Crippen molar-refractivity contribution in [3.05, 3.63) is 59.3 Å². The van der Waals surface area contributed by atoms with Gasteiger partial charge in [-0.25, -0.2) is 9.59 Å². The van der Waals surface area contributed by atoms with Gasteiger partial charge in [-0.2, -0.15) is 0 Å². The Hall–Kier alpha value is -2.56. The zero-order valence-electron chi connectivity index (χ0n) is 12.8. The first kappa shape index (κ1) is 15.8. The molecule has 116 valence electrons. The lowest BCUT2D eigenvalue weighted by Gasteiger charge is -2.28. The second kappa shape index (κ2) is 6.93. The van der Waals surface area contributed by atoms with E-state index in [0.717, 1.165) is 12.0 Å². The van der Waals surface area contributed by atoms with Gasteiger partial charge in [-0.3, -0.25) is 0 Å². The first-order valence-corrected chi connectivity index (χ1v) is 7.22. The average molecular weight is 300 g/mol. The molecule has 1 aliphatic heterocycles. The molecule has 1 aromatic carbocycles. The molecule has 0 saturated heterocycles. The van der Waals surface area contributed by atoms with Gasteiger partial charge in [-0.05, 0) is 24.5 Å². The summed E-state index contributed by atoms with van der Waals surface area (Å²) in [5, 5.41) is 5.39. The van der Waals surface area contributed by atoms with E-state index in [0.29, 0.717) is 11.3 Å². The van der Waals surface area contributed by atoms with Crippen LogP contribution in [0.3, 0.4) is 0 Å². The molecular weight excluding hydrogens is 280 g/mol. The molecular formula is C17H20N2O3. The van der Waals surface area contributed by atoms with Crippen molar-refractivity contribution in [1.29, 1.82) is 0 Å². The fourth-order valence-corrected chi connectivity index (χ4v) is 2.37. The van der Waals surface area contributed by atoms with Crippen LogP contribution in [-0.2, 0) is 16.0 Å². The van der Waals surface area contributed by atoms with Crippen LogP contribution in [0.4, 0.5) is 4.79 Å². The first-order valence-electron chi connectivity index (χ1n) is 7.22. The van der Waals surface area contributed by atoms with Crippen LogP contribution in [0, 0.1) is 0 Å². The Kier molecular flexibility index (Phi) is 4.99.